The number of nitro groups is 1. The number of hydrogen-bond donors (Lipinski definition) is 2. The van der Waals surface area contributed by atoms with E-state index in [0.29, 0.717) is 12.2 Å². The first-order chi connectivity index (χ1) is 8.06. The molecule has 0 spiro atoms. The molecule has 1 rings (SSSR count). The molecule has 0 aliphatic heterocycles. The lowest BCUT2D eigenvalue weighted by Crippen LogP contribution is -2.10. The monoisotopic (exact) mass is 239 g/mol. The number of nitrogens with one attached hydrogen (secondary N) is 1. The molecule has 92 valence electrons. The van der Waals surface area contributed by atoms with Crippen LogP contribution in [0.1, 0.15) is 5.56 Å². The van der Waals surface area contributed by atoms with Gasteiger partial charge in [-0.1, -0.05) is 0 Å². The van der Waals surface area contributed by atoms with Gasteiger partial charge in [-0.15, -0.1) is 0 Å². The van der Waals surface area contributed by atoms with Gasteiger partial charge in [0.05, 0.1) is 11.5 Å². The second-order valence-corrected chi connectivity index (χ2v) is 3.20. The average Bonchev–Trinajstić information content (AvgIpc) is 2.29. The van der Waals surface area contributed by atoms with E-state index in [9.17, 15) is 10.1 Å². The van der Waals surface area contributed by atoms with Gasteiger partial charge in [0.1, 0.15) is 12.3 Å². The average molecular weight is 239 g/mol. The summed E-state index contributed by atoms with van der Waals surface area (Å²) in [5.74, 6) is -0.148. The van der Waals surface area contributed by atoms with Gasteiger partial charge in [-0.05, 0) is 12.1 Å². The van der Waals surface area contributed by atoms with Crippen molar-refractivity contribution in [1.82, 2.24) is 0 Å². The fourth-order valence-electron chi connectivity index (χ4n) is 1.15. The quantitative estimate of drug-likeness (QED) is 0.200. The Morgan fingerprint density at radius 2 is 2.24 bits per heavy atom. The predicted octanol–water partition coefficient (Wildman–Crippen LogP) is 1.17. The highest BCUT2D eigenvalue weighted by molar-refractivity contribution is 5.93. The van der Waals surface area contributed by atoms with Gasteiger partial charge in [0.15, 0.2) is 0 Å². The van der Waals surface area contributed by atoms with Crippen LogP contribution in [0, 0.1) is 15.5 Å². The van der Waals surface area contributed by atoms with Crippen molar-refractivity contribution < 1.29 is 14.4 Å². The van der Waals surface area contributed by atoms with Crippen LogP contribution in [0.15, 0.2) is 18.2 Å². The van der Waals surface area contributed by atoms with Crippen molar-refractivity contribution in [3.63, 3.8) is 0 Å². The van der Waals surface area contributed by atoms with E-state index in [1.54, 1.807) is 0 Å². The summed E-state index contributed by atoms with van der Waals surface area (Å²) in [4.78, 5) is 10.1. The van der Waals surface area contributed by atoms with Crippen LogP contribution in [0.3, 0.4) is 0 Å². The van der Waals surface area contributed by atoms with E-state index in [0.717, 1.165) is 0 Å². The molecule has 3 N–H and O–H groups in total. The molecule has 0 aliphatic carbocycles. The van der Waals surface area contributed by atoms with Gasteiger partial charge in [-0.25, -0.2) is 0 Å². The van der Waals surface area contributed by atoms with Crippen molar-refractivity contribution in [1.29, 1.82) is 5.41 Å². The topological polar surface area (TPSA) is 111 Å². The Hall–Kier alpha value is -2.15. The molecule has 17 heavy (non-hydrogen) atoms. The minimum atomic E-state index is -0.596. The van der Waals surface area contributed by atoms with Gasteiger partial charge in [0.25, 0.3) is 5.69 Å². The lowest BCUT2D eigenvalue weighted by molar-refractivity contribution is -0.383. The summed E-state index contributed by atoms with van der Waals surface area (Å²) in [5.41, 5.74) is 5.57. The van der Waals surface area contributed by atoms with E-state index in [4.69, 9.17) is 20.6 Å². The molecular weight excluding hydrogens is 226 g/mol. The Labute approximate surface area is 97.8 Å². The molecule has 0 unspecified atom stereocenters. The molecular formula is C10H13N3O4. The second-order valence-electron chi connectivity index (χ2n) is 3.20. The standard InChI is InChI=1S/C10H13N3O4/c1-16-4-5-17-10(12)7-2-3-8(11)9(6-7)13(14)15/h2-3,6,12H,4-5,11H2,1H3. The van der Waals surface area contributed by atoms with E-state index in [1.165, 1.54) is 25.3 Å². The first kappa shape index (κ1) is 12.9. The third-order valence-corrected chi connectivity index (χ3v) is 2.02. The Morgan fingerprint density at radius 1 is 1.53 bits per heavy atom. The van der Waals surface area contributed by atoms with Crippen LogP contribution < -0.4 is 5.73 Å². The van der Waals surface area contributed by atoms with Crippen molar-refractivity contribution in [2.45, 2.75) is 0 Å². The summed E-state index contributed by atoms with van der Waals surface area (Å²) < 4.78 is 9.80. The molecule has 0 aromatic heterocycles. The zero-order valence-corrected chi connectivity index (χ0v) is 9.30. The minimum absolute atomic E-state index is 0.0587. The number of nitro benzene ring substituents is 1. The van der Waals surface area contributed by atoms with Gasteiger partial charge >= 0.3 is 0 Å². The Kier molecular flexibility index (Phi) is 4.41. The largest absolute Gasteiger partial charge is 0.475 e. The first-order valence-electron chi connectivity index (χ1n) is 4.81. The minimum Gasteiger partial charge on any atom is -0.475 e. The third-order valence-electron chi connectivity index (χ3n) is 2.02. The predicted molar refractivity (Wildman–Crippen MR) is 62.2 cm³/mol. The molecule has 7 heteroatoms. The number of methoxy groups -OCH3 is 1. The maximum atomic E-state index is 10.7. The van der Waals surface area contributed by atoms with Gasteiger partial charge in [0, 0.05) is 18.7 Å². The number of hydrogen-bond acceptors (Lipinski definition) is 6. The van der Waals surface area contributed by atoms with Crippen LogP contribution in [0.25, 0.3) is 0 Å². The second kappa shape index (κ2) is 5.80. The lowest BCUT2D eigenvalue weighted by Gasteiger charge is -2.07. The van der Waals surface area contributed by atoms with Crippen molar-refractivity contribution >= 4 is 17.3 Å². The van der Waals surface area contributed by atoms with Crippen LogP contribution in [0.5, 0.6) is 0 Å². The SMILES string of the molecule is COCCOC(=N)c1ccc(N)c([N+](=O)[O-])c1. The van der Waals surface area contributed by atoms with E-state index in [1.807, 2.05) is 0 Å². The van der Waals surface area contributed by atoms with Gasteiger partial charge in [-0.3, -0.25) is 15.5 Å². The zero-order chi connectivity index (χ0) is 12.8. The van der Waals surface area contributed by atoms with E-state index >= 15 is 0 Å². The number of anilines is 1. The summed E-state index contributed by atoms with van der Waals surface area (Å²) in [6, 6.07) is 4.09. The molecule has 0 heterocycles. The summed E-state index contributed by atoms with van der Waals surface area (Å²) in [5, 5.41) is 18.2. The highest BCUT2D eigenvalue weighted by atomic mass is 16.6. The number of rotatable bonds is 5. The van der Waals surface area contributed by atoms with Crippen LogP contribution in [0.4, 0.5) is 11.4 Å². The number of nitrogens with two attached hydrogens (primary N) is 1. The molecule has 1 aromatic carbocycles. The molecule has 0 atom stereocenters. The molecule has 0 fully saturated rings. The number of nitrogen functional groups attached to an aromatic ring is 1. The van der Waals surface area contributed by atoms with Crippen molar-refractivity contribution in [2.24, 2.45) is 0 Å². The third kappa shape index (κ3) is 3.42. The number of nitrogens with zero attached hydrogens (tertiary/aromatic N) is 1. The lowest BCUT2D eigenvalue weighted by atomic mass is 10.2. The molecule has 0 saturated heterocycles. The van der Waals surface area contributed by atoms with Crippen molar-refractivity contribution in [3.8, 4) is 0 Å². The smallest absolute Gasteiger partial charge is 0.292 e. The van der Waals surface area contributed by atoms with Crippen molar-refractivity contribution in [3.05, 3.63) is 33.9 Å². The fraction of sp³-hybridized carbons (Fsp3) is 0.300. The fourth-order valence-corrected chi connectivity index (χ4v) is 1.15. The van der Waals surface area contributed by atoms with Crippen LogP contribution in [-0.2, 0) is 9.47 Å². The number of ether oxygens (including phenoxy) is 2. The highest BCUT2D eigenvalue weighted by Gasteiger charge is 2.14. The summed E-state index contributed by atoms with van der Waals surface area (Å²) >= 11 is 0. The van der Waals surface area contributed by atoms with Crippen molar-refractivity contribution in [2.75, 3.05) is 26.1 Å². The van der Waals surface area contributed by atoms with E-state index in [2.05, 4.69) is 0 Å². The van der Waals surface area contributed by atoms with Crippen LogP contribution in [-0.4, -0.2) is 31.1 Å². The van der Waals surface area contributed by atoms with Gasteiger partial charge in [0.2, 0.25) is 5.90 Å². The summed E-state index contributed by atoms with van der Waals surface area (Å²) in [7, 11) is 1.51. The molecule has 7 nitrogen and oxygen atoms in total. The maximum Gasteiger partial charge on any atom is 0.292 e. The Balaban J connectivity index is 2.81. The number of benzene rings is 1. The van der Waals surface area contributed by atoms with Gasteiger partial charge in [-0.2, -0.15) is 0 Å². The molecule has 0 aliphatic rings. The summed E-state index contributed by atoms with van der Waals surface area (Å²) in [6.45, 7) is 0.562. The van der Waals surface area contributed by atoms with Crippen LogP contribution >= 0.6 is 0 Å². The summed E-state index contributed by atoms with van der Waals surface area (Å²) in [6.07, 6.45) is 0. The zero-order valence-electron chi connectivity index (χ0n) is 9.30. The van der Waals surface area contributed by atoms with Crippen LogP contribution in [0.2, 0.25) is 0 Å². The maximum absolute atomic E-state index is 10.7. The highest BCUT2D eigenvalue weighted by Crippen LogP contribution is 2.22. The van der Waals surface area contributed by atoms with E-state index in [-0.39, 0.29) is 23.9 Å². The van der Waals surface area contributed by atoms with E-state index < -0.39 is 4.92 Å². The Morgan fingerprint density at radius 3 is 2.82 bits per heavy atom. The molecule has 0 radical (unpaired) electrons. The molecule has 0 amide bonds. The normalized spacial score (nSPS) is 9.94. The van der Waals surface area contributed by atoms with Gasteiger partial charge < -0.3 is 15.2 Å². The Bertz CT molecular complexity index is 434. The first-order valence-corrected chi connectivity index (χ1v) is 4.81. The molecule has 1 aromatic rings. The molecule has 0 bridgehead atoms. The molecule has 0 saturated carbocycles.